The molecule has 0 amide bonds. The molecule has 3 aromatic rings. The minimum atomic E-state index is -1.25. The zero-order valence-corrected chi connectivity index (χ0v) is 20.3. The molecule has 1 N–H and O–H groups in total. The first-order valence-electron chi connectivity index (χ1n) is 9.77. The summed E-state index contributed by atoms with van der Waals surface area (Å²) in [4.78, 5) is 25.6. The topological polar surface area (TPSA) is 89.9 Å². The molecule has 6 nitrogen and oxygen atoms in total. The summed E-state index contributed by atoms with van der Waals surface area (Å²) in [6.45, 7) is 0. The minimum absolute atomic E-state index is 0.0214. The van der Waals surface area contributed by atoms with Gasteiger partial charge in [0.15, 0.2) is 0 Å². The Morgan fingerprint density at radius 1 is 1.03 bits per heavy atom. The standard InChI is InChI=1S/C24H22INO5S/c1-31-23(27)15-20(17-6-3-2-4-7-17)16-32-22-12-10-18(11-13-22)24(28)19-8-5-9-21(14-19)25-26(29)30/h2-14,20,29H,15-16H2,1H3/q-2. The fourth-order valence-corrected chi connectivity index (χ4v) is 5.47. The zero-order chi connectivity index (χ0) is 22.9. The number of hydrogen-bond donors (Lipinski definition) is 1. The van der Waals surface area contributed by atoms with E-state index in [2.05, 4.69) is 0 Å². The monoisotopic (exact) mass is 563 g/mol. The van der Waals surface area contributed by atoms with Crippen molar-refractivity contribution < 1.29 is 41.0 Å². The van der Waals surface area contributed by atoms with Gasteiger partial charge in [-0.15, -0.1) is 0 Å². The van der Waals surface area contributed by atoms with Gasteiger partial charge in [0.2, 0.25) is 0 Å². The number of hydrogen-bond acceptors (Lipinski definition) is 7. The van der Waals surface area contributed by atoms with Crippen molar-refractivity contribution in [2.24, 2.45) is 0 Å². The maximum absolute atomic E-state index is 12.8. The second-order valence-electron chi connectivity index (χ2n) is 6.87. The summed E-state index contributed by atoms with van der Waals surface area (Å²) >= 11 is 0.373. The number of halogens is 1. The minimum Gasteiger partial charge on any atom is -0.0622 e. The number of methoxy groups -OCH3 is 1. The number of ketones is 1. The normalized spacial score (nSPS) is 12.0. The third-order valence-electron chi connectivity index (χ3n) is 4.74. The molecule has 8 heteroatoms. The average molecular weight is 563 g/mol. The van der Waals surface area contributed by atoms with Gasteiger partial charge < -0.3 is 4.74 Å². The molecule has 3 rings (SSSR count). The summed E-state index contributed by atoms with van der Waals surface area (Å²) in [5.41, 5.74) is 2.10. The smallest absolute Gasteiger partial charge is 0.0622 e. The van der Waals surface area contributed by atoms with E-state index in [0.717, 1.165) is 10.5 Å². The molecule has 0 spiro atoms. The second-order valence-corrected chi connectivity index (χ2v) is 10.5. The van der Waals surface area contributed by atoms with E-state index in [0.29, 0.717) is 26.9 Å². The van der Waals surface area contributed by atoms with Crippen LogP contribution in [-0.2, 0) is 9.53 Å². The predicted octanol–water partition coefficient (Wildman–Crippen LogP) is 1.72. The fourth-order valence-electron chi connectivity index (χ4n) is 3.11. The van der Waals surface area contributed by atoms with E-state index in [1.807, 2.05) is 42.5 Å². The Balaban J connectivity index is 1.67. The summed E-state index contributed by atoms with van der Waals surface area (Å²) < 4.78 is 5.46. The fraction of sp³-hybridized carbons (Fsp3) is 0.167. The van der Waals surface area contributed by atoms with Crippen molar-refractivity contribution in [1.82, 2.24) is 3.44 Å². The molecule has 0 aliphatic heterocycles. The first-order chi connectivity index (χ1) is 15.5. The van der Waals surface area contributed by atoms with Gasteiger partial charge in [-0.2, -0.15) is 0 Å². The van der Waals surface area contributed by atoms with Crippen molar-refractivity contribution in [2.45, 2.75) is 17.2 Å². The SMILES string of the molecule is COC(=O)CC(CSc1ccc(C(=O)c2cccc([I-]N([O-])O)c2)cc1)c1ccccc1. The Hall–Kier alpha value is -2.24. The van der Waals surface area contributed by atoms with Crippen LogP contribution in [0.15, 0.2) is 83.8 Å². The van der Waals surface area contributed by atoms with E-state index in [-0.39, 0.29) is 21.1 Å². The van der Waals surface area contributed by atoms with Gasteiger partial charge in [0.05, 0.1) is 7.11 Å². The Morgan fingerprint density at radius 3 is 2.41 bits per heavy atom. The van der Waals surface area contributed by atoms with E-state index >= 15 is 0 Å². The molecule has 0 saturated heterocycles. The van der Waals surface area contributed by atoms with Crippen molar-refractivity contribution >= 4 is 23.5 Å². The van der Waals surface area contributed by atoms with E-state index in [4.69, 9.17) is 9.94 Å². The van der Waals surface area contributed by atoms with E-state index in [9.17, 15) is 14.8 Å². The molecule has 0 aromatic heterocycles. The van der Waals surface area contributed by atoms with E-state index in [1.54, 1.807) is 48.2 Å². The van der Waals surface area contributed by atoms with E-state index in [1.165, 1.54) is 7.11 Å². The molecule has 1 unspecified atom stereocenters. The number of carbonyl (C=O) groups excluding carboxylic acids is 2. The molecule has 0 radical (unpaired) electrons. The van der Waals surface area contributed by atoms with Crippen LogP contribution >= 0.6 is 11.8 Å². The van der Waals surface area contributed by atoms with Crippen LogP contribution < -0.4 is 21.5 Å². The number of benzene rings is 3. The molecular formula is C24H22INO5S-2. The molecule has 1 atom stereocenters. The Labute approximate surface area is 201 Å². The number of nitrogens with zero attached hydrogens (tertiary/aromatic N) is 1. The first kappa shape index (κ1) is 24.4. The Bertz CT molecular complexity index is 1040. The van der Waals surface area contributed by atoms with Crippen molar-refractivity contribution in [3.63, 3.8) is 0 Å². The third-order valence-corrected chi connectivity index (χ3v) is 7.55. The summed E-state index contributed by atoms with van der Waals surface area (Å²) in [7, 11) is 1.39. The van der Waals surface area contributed by atoms with Crippen LogP contribution in [0.25, 0.3) is 0 Å². The number of esters is 1. The van der Waals surface area contributed by atoms with Crippen molar-refractivity contribution in [3.05, 3.63) is 104 Å². The number of carbonyl (C=O) groups is 2. The van der Waals surface area contributed by atoms with Crippen LogP contribution in [0.3, 0.4) is 0 Å². The second kappa shape index (κ2) is 12.1. The molecule has 0 fully saturated rings. The van der Waals surface area contributed by atoms with Gasteiger partial charge in [-0.3, -0.25) is 4.79 Å². The van der Waals surface area contributed by atoms with Gasteiger partial charge in [-0.25, -0.2) is 0 Å². The van der Waals surface area contributed by atoms with Crippen molar-refractivity contribution in [3.8, 4) is 0 Å². The van der Waals surface area contributed by atoms with Gasteiger partial charge >= 0.3 is 155 Å². The maximum atomic E-state index is 12.8. The number of rotatable bonds is 10. The van der Waals surface area contributed by atoms with Crippen LogP contribution in [0.5, 0.6) is 0 Å². The zero-order valence-electron chi connectivity index (χ0n) is 17.3. The summed E-state index contributed by atoms with van der Waals surface area (Å²) in [6.07, 6.45) is 0.303. The molecule has 32 heavy (non-hydrogen) atoms. The van der Waals surface area contributed by atoms with Gasteiger partial charge in [0.1, 0.15) is 0 Å². The molecule has 168 valence electrons. The predicted molar refractivity (Wildman–Crippen MR) is 119 cm³/mol. The van der Waals surface area contributed by atoms with E-state index < -0.39 is 21.5 Å². The quantitative estimate of drug-likeness (QED) is 0.100. The van der Waals surface area contributed by atoms with Crippen molar-refractivity contribution in [1.29, 1.82) is 0 Å². The number of thioether (sulfide) groups is 1. The van der Waals surface area contributed by atoms with Crippen LogP contribution in [0.2, 0.25) is 0 Å². The van der Waals surface area contributed by atoms with Gasteiger partial charge in [0.25, 0.3) is 0 Å². The number of ether oxygens (including phenoxy) is 1. The van der Waals surface area contributed by atoms with Crippen molar-refractivity contribution in [2.75, 3.05) is 12.9 Å². The third kappa shape index (κ3) is 7.14. The molecular weight excluding hydrogens is 541 g/mol. The van der Waals surface area contributed by atoms with Gasteiger partial charge in [0, 0.05) is 0 Å². The Morgan fingerprint density at radius 2 is 1.75 bits per heavy atom. The molecule has 0 heterocycles. The molecule has 0 bridgehead atoms. The molecule has 0 aliphatic rings. The average Bonchev–Trinajstić information content (AvgIpc) is 2.81. The molecule has 0 aliphatic carbocycles. The van der Waals surface area contributed by atoms with Gasteiger partial charge in [-0.05, 0) is 0 Å². The molecule has 3 aromatic carbocycles. The van der Waals surface area contributed by atoms with Crippen LogP contribution in [-0.4, -0.2) is 33.3 Å². The Kier molecular flexibility index (Phi) is 9.24. The first-order valence-corrected chi connectivity index (χ1v) is 12.8. The van der Waals surface area contributed by atoms with Crippen LogP contribution in [0, 0.1) is 8.78 Å². The summed E-state index contributed by atoms with van der Waals surface area (Å²) in [6, 6.07) is 24.0. The summed E-state index contributed by atoms with van der Waals surface area (Å²) in [5, 5.41) is 19.8. The van der Waals surface area contributed by atoms with Crippen LogP contribution in [0.4, 0.5) is 0 Å². The van der Waals surface area contributed by atoms with Crippen LogP contribution in [0.1, 0.15) is 33.8 Å². The van der Waals surface area contributed by atoms with Gasteiger partial charge in [-0.1, -0.05) is 30.3 Å². The summed E-state index contributed by atoms with van der Waals surface area (Å²) in [5.74, 6) is 0.334. The molecule has 0 saturated carbocycles.